The molecule has 0 aromatic carbocycles. The summed E-state index contributed by atoms with van der Waals surface area (Å²) in [6.45, 7) is 2.00. The molecule has 50 valence electrons. The summed E-state index contributed by atoms with van der Waals surface area (Å²) in [5.41, 5.74) is 1.47. The van der Waals surface area contributed by atoms with Gasteiger partial charge in [0.05, 0.1) is 0 Å². The van der Waals surface area contributed by atoms with Crippen LogP contribution in [0.3, 0.4) is 0 Å². The van der Waals surface area contributed by atoms with Gasteiger partial charge >= 0.3 is 0 Å². The molecule has 0 aliphatic heterocycles. The highest BCUT2D eigenvalue weighted by Crippen LogP contribution is 2.57. The van der Waals surface area contributed by atoms with Gasteiger partial charge in [0.1, 0.15) is 0 Å². The van der Waals surface area contributed by atoms with Crippen LogP contribution in [0.4, 0.5) is 8.78 Å². The Morgan fingerprint density at radius 1 is 1.56 bits per heavy atom. The maximum absolute atomic E-state index is 12.2. The Bertz CT molecular complexity index is 191. The highest BCUT2D eigenvalue weighted by Gasteiger charge is 2.55. The van der Waals surface area contributed by atoms with Gasteiger partial charge in [0, 0.05) is 12.0 Å². The van der Waals surface area contributed by atoms with E-state index in [-0.39, 0.29) is 6.42 Å². The van der Waals surface area contributed by atoms with Gasteiger partial charge in [-0.15, -0.1) is 0 Å². The summed E-state index contributed by atoms with van der Waals surface area (Å²) < 4.78 is 24.4. The third-order valence-electron chi connectivity index (χ3n) is 2.06. The topological polar surface area (TPSA) is 0 Å². The molecule has 0 aromatic heterocycles. The Kier molecular flexibility index (Phi) is 0.719. The smallest absolute Gasteiger partial charge is 0.201 e. The summed E-state index contributed by atoms with van der Waals surface area (Å²) in [6, 6.07) is 0. The van der Waals surface area contributed by atoms with Gasteiger partial charge in [0.25, 0.3) is 5.92 Å². The van der Waals surface area contributed by atoms with E-state index in [1.807, 2.05) is 6.92 Å². The normalized spacial score (nSPS) is 45.0. The van der Waals surface area contributed by atoms with Crippen LogP contribution < -0.4 is 0 Å². The van der Waals surface area contributed by atoms with Crippen molar-refractivity contribution >= 4 is 0 Å². The fourth-order valence-corrected chi connectivity index (χ4v) is 1.22. The summed E-state index contributed by atoms with van der Waals surface area (Å²) >= 11 is 0. The summed E-state index contributed by atoms with van der Waals surface area (Å²) in [5.74, 6) is -1.92. The molecule has 0 saturated heterocycles. The first-order valence-corrected chi connectivity index (χ1v) is 3.21. The predicted molar refractivity (Wildman–Crippen MR) is 30.4 cm³/mol. The third-order valence-corrected chi connectivity index (χ3v) is 2.06. The molecule has 0 nitrogen and oxygen atoms in total. The minimum Gasteiger partial charge on any atom is -0.201 e. The van der Waals surface area contributed by atoms with Crippen LogP contribution >= 0.6 is 0 Å². The second kappa shape index (κ2) is 1.20. The lowest BCUT2D eigenvalue weighted by molar-refractivity contribution is 0.136. The van der Waals surface area contributed by atoms with E-state index in [1.165, 1.54) is 0 Å². The lowest BCUT2D eigenvalue weighted by atomic mass is 10.4. The third kappa shape index (κ3) is 0.689. The van der Waals surface area contributed by atoms with Crippen LogP contribution in [0.5, 0.6) is 0 Å². The molecule has 0 aromatic rings. The van der Waals surface area contributed by atoms with Gasteiger partial charge in [0.2, 0.25) is 0 Å². The van der Waals surface area contributed by atoms with Crippen LogP contribution in [0.1, 0.15) is 19.8 Å². The molecule has 2 saturated carbocycles. The molecular formula is C7H8F2. The quantitative estimate of drug-likeness (QED) is 0.441. The Hall–Kier alpha value is -0.400. The van der Waals surface area contributed by atoms with Crippen molar-refractivity contribution in [3.05, 3.63) is 11.1 Å². The van der Waals surface area contributed by atoms with Gasteiger partial charge in [-0.2, -0.15) is 0 Å². The first-order chi connectivity index (χ1) is 4.11. The van der Waals surface area contributed by atoms with E-state index >= 15 is 0 Å². The molecule has 0 amide bonds. The zero-order chi connectivity index (χ0) is 6.65. The van der Waals surface area contributed by atoms with Crippen LogP contribution in [0, 0.1) is 5.92 Å². The average molecular weight is 130 g/mol. The van der Waals surface area contributed by atoms with E-state index in [2.05, 4.69) is 0 Å². The van der Waals surface area contributed by atoms with E-state index in [0.29, 0.717) is 11.5 Å². The van der Waals surface area contributed by atoms with Crippen molar-refractivity contribution < 1.29 is 8.78 Å². The van der Waals surface area contributed by atoms with E-state index < -0.39 is 5.92 Å². The number of halogens is 2. The second-order valence-corrected chi connectivity index (χ2v) is 2.99. The monoisotopic (exact) mass is 130 g/mol. The maximum atomic E-state index is 12.2. The van der Waals surface area contributed by atoms with E-state index in [9.17, 15) is 8.78 Å². The lowest BCUT2D eigenvalue weighted by Gasteiger charge is -1.81. The SMILES string of the molecule is CC1CC1=C1CC1(F)F. The molecule has 1 unspecified atom stereocenters. The lowest BCUT2D eigenvalue weighted by Crippen LogP contribution is -1.83. The summed E-state index contributed by atoms with van der Waals surface area (Å²) in [5, 5.41) is 0. The largest absolute Gasteiger partial charge is 0.273 e. The van der Waals surface area contributed by atoms with Crippen molar-refractivity contribution in [3.63, 3.8) is 0 Å². The highest BCUT2D eigenvalue weighted by molar-refractivity contribution is 5.43. The van der Waals surface area contributed by atoms with Crippen LogP contribution in [-0.2, 0) is 0 Å². The van der Waals surface area contributed by atoms with Crippen molar-refractivity contribution in [1.82, 2.24) is 0 Å². The summed E-state index contributed by atoms with van der Waals surface area (Å²) in [6.07, 6.45) is 0.970. The Labute approximate surface area is 52.6 Å². The van der Waals surface area contributed by atoms with E-state index in [1.54, 1.807) is 0 Å². The number of hydrogen-bond acceptors (Lipinski definition) is 0. The molecular weight excluding hydrogens is 122 g/mol. The van der Waals surface area contributed by atoms with Crippen LogP contribution in [0.2, 0.25) is 0 Å². The first-order valence-electron chi connectivity index (χ1n) is 3.21. The number of hydrogen-bond donors (Lipinski definition) is 0. The van der Waals surface area contributed by atoms with Crippen molar-refractivity contribution in [3.8, 4) is 0 Å². The van der Waals surface area contributed by atoms with Crippen LogP contribution in [0.15, 0.2) is 11.1 Å². The minimum absolute atomic E-state index is 0.0483. The molecule has 0 spiro atoms. The highest BCUT2D eigenvalue weighted by atomic mass is 19.3. The second-order valence-electron chi connectivity index (χ2n) is 2.99. The Morgan fingerprint density at radius 3 is 2.11 bits per heavy atom. The molecule has 0 heterocycles. The van der Waals surface area contributed by atoms with Crippen molar-refractivity contribution in [2.45, 2.75) is 25.7 Å². The molecule has 2 aliphatic carbocycles. The molecule has 0 N–H and O–H groups in total. The van der Waals surface area contributed by atoms with Crippen molar-refractivity contribution in [1.29, 1.82) is 0 Å². The first kappa shape index (κ1) is 5.39. The Morgan fingerprint density at radius 2 is 2.00 bits per heavy atom. The molecule has 0 bridgehead atoms. The molecule has 2 fully saturated rings. The molecule has 0 radical (unpaired) electrons. The number of rotatable bonds is 0. The fourth-order valence-electron chi connectivity index (χ4n) is 1.22. The minimum atomic E-state index is -2.39. The van der Waals surface area contributed by atoms with Gasteiger partial charge in [-0.05, 0) is 12.3 Å². The number of allylic oxidation sites excluding steroid dienone is 2. The van der Waals surface area contributed by atoms with Gasteiger partial charge in [-0.3, -0.25) is 0 Å². The molecule has 1 atom stereocenters. The molecule has 9 heavy (non-hydrogen) atoms. The standard InChI is InChI=1S/C7H8F2/c1-4-2-5(4)6-3-7(6,8)9/h4H,2-3H2,1H3. The molecule has 2 heteroatoms. The zero-order valence-corrected chi connectivity index (χ0v) is 5.25. The summed E-state index contributed by atoms with van der Waals surface area (Å²) in [4.78, 5) is 0. The molecule has 2 aliphatic rings. The van der Waals surface area contributed by atoms with Gasteiger partial charge < -0.3 is 0 Å². The van der Waals surface area contributed by atoms with E-state index in [4.69, 9.17) is 0 Å². The average Bonchev–Trinajstić information content (AvgIpc) is 2.50. The van der Waals surface area contributed by atoms with Crippen LogP contribution in [-0.4, -0.2) is 5.92 Å². The summed E-state index contributed by atoms with van der Waals surface area (Å²) in [7, 11) is 0. The van der Waals surface area contributed by atoms with Crippen LogP contribution in [0.25, 0.3) is 0 Å². The van der Waals surface area contributed by atoms with Gasteiger partial charge in [-0.1, -0.05) is 12.5 Å². The predicted octanol–water partition coefficient (Wildman–Crippen LogP) is 2.36. The maximum Gasteiger partial charge on any atom is 0.273 e. The van der Waals surface area contributed by atoms with Crippen molar-refractivity contribution in [2.24, 2.45) is 5.92 Å². The molecule has 2 rings (SSSR count). The number of alkyl halides is 2. The van der Waals surface area contributed by atoms with E-state index in [0.717, 1.165) is 12.0 Å². The Balaban J connectivity index is 2.20. The fraction of sp³-hybridized carbons (Fsp3) is 0.714. The van der Waals surface area contributed by atoms with Gasteiger partial charge in [-0.25, -0.2) is 8.78 Å². The van der Waals surface area contributed by atoms with Gasteiger partial charge in [0.15, 0.2) is 0 Å². The van der Waals surface area contributed by atoms with Crippen molar-refractivity contribution in [2.75, 3.05) is 0 Å². The zero-order valence-electron chi connectivity index (χ0n) is 5.25.